The molecular weight excluding hydrogens is 207 g/mol. The highest BCUT2D eigenvalue weighted by molar-refractivity contribution is 5.57. The van der Waals surface area contributed by atoms with E-state index in [1.165, 1.54) is 12.1 Å². The molecule has 16 heavy (non-hydrogen) atoms. The molecule has 4 heteroatoms. The first-order valence-electron chi connectivity index (χ1n) is 5.55. The van der Waals surface area contributed by atoms with E-state index in [0.717, 1.165) is 18.7 Å². The summed E-state index contributed by atoms with van der Waals surface area (Å²) in [5.74, 6) is 0.0979. The Morgan fingerprint density at radius 1 is 1.50 bits per heavy atom. The van der Waals surface area contributed by atoms with Crippen LogP contribution in [0.4, 0.5) is 15.8 Å². The molecule has 0 saturated carbocycles. The Labute approximate surface area is 94.7 Å². The first-order valence-corrected chi connectivity index (χ1v) is 5.55. The lowest BCUT2D eigenvalue weighted by atomic mass is 10.0. The van der Waals surface area contributed by atoms with E-state index in [1.807, 2.05) is 4.90 Å². The molecule has 2 atom stereocenters. The van der Waals surface area contributed by atoms with Crippen molar-refractivity contribution in [2.45, 2.75) is 19.4 Å². The third-order valence-electron chi connectivity index (χ3n) is 3.31. The van der Waals surface area contributed by atoms with E-state index >= 15 is 0 Å². The summed E-state index contributed by atoms with van der Waals surface area (Å²) < 4.78 is 13.2. The maximum atomic E-state index is 13.2. The van der Waals surface area contributed by atoms with E-state index in [0.29, 0.717) is 11.6 Å². The number of aliphatic hydroxyl groups excluding tert-OH is 1. The number of nitrogens with two attached hydrogens (primary N) is 1. The van der Waals surface area contributed by atoms with E-state index < -0.39 is 0 Å². The van der Waals surface area contributed by atoms with Crippen LogP contribution in [0.3, 0.4) is 0 Å². The summed E-state index contributed by atoms with van der Waals surface area (Å²) in [5.41, 5.74) is 6.81. The minimum Gasteiger partial charge on any atom is -0.399 e. The lowest BCUT2D eigenvalue weighted by molar-refractivity contribution is 0.244. The highest BCUT2D eigenvalue weighted by Crippen LogP contribution is 2.30. The van der Waals surface area contributed by atoms with Gasteiger partial charge in [0.1, 0.15) is 5.82 Å². The number of nitrogen functional groups attached to an aromatic ring is 1. The van der Waals surface area contributed by atoms with E-state index in [-0.39, 0.29) is 18.5 Å². The van der Waals surface area contributed by atoms with E-state index in [1.54, 1.807) is 6.07 Å². The molecule has 1 aromatic rings. The van der Waals surface area contributed by atoms with Gasteiger partial charge in [0.15, 0.2) is 0 Å². The maximum Gasteiger partial charge on any atom is 0.127 e. The number of halogens is 1. The molecule has 0 amide bonds. The van der Waals surface area contributed by atoms with Crippen molar-refractivity contribution in [1.82, 2.24) is 0 Å². The van der Waals surface area contributed by atoms with Crippen LogP contribution in [0.1, 0.15) is 13.3 Å². The molecule has 1 aliphatic heterocycles. The van der Waals surface area contributed by atoms with Gasteiger partial charge in [-0.2, -0.15) is 0 Å². The van der Waals surface area contributed by atoms with Crippen LogP contribution in [0.25, 0.3) is 0 Å². The fourth-order valence-corrected chi connectivity index (χ4v) is 2.37. The number of benzene rings is 1. The molecule has 0 aliphatic carbocycles. The summed E-state index contributed by atoms with van der Waals surface area (Å²) in [6, 6.07) is 4.60. The van der Waals surface area contributed by atoms with Gasteiger partial charge in [-0.1, -0.05) is 6.92 Å². The Morgan fingerprint density at radius 2 is 2.25 bits per heavy atom. The van der Waals surface area contributed by atoms with Gasteiger partial charge in [0.05, 0.1) is 12.6 Å². The number of anilines is 2. The quantitative estimate of drug-likeness (QED) is 0.750. The van der Waals surface area contributed by atoms with Crippen molar-refractivity contribution < 1.29 is 9.50 Å². The van der Waals surface area contributed by atoms with Crippen molar-refractivity contribution in [2.24, 2.45) is 5.92 Å². The summed E-state index contributed by atoms with van der Waals surface area (Å²) in [7, 11) is 0. The van der Waals surface area contributed by atoms with Gasteiger partial charge in [-0.05, 0) is 30.5 Å². The lowest BCUT2D eigenvalue weighted by Crippen LogP contribution is -2.35. The Morgan fingerprint density at radius 3 is 2.88 bits per heavy atom. The topological polar surface area (TPSA) is 49.5 Å². The Kier molecular flexibility index (Phi) is 3.01. The Bertz CT molecular complexity index is 363. The van der Waals surface area contributed by atoms with Crippen LogP contribution in [-0.2, 0) is 0 Å². The van der Waals surface area contributed by atoms with Crippen LogP contribution >= 0.6 is 0 Å². The van der Waals surface area contributed by atoms with Crippen molar-refractivity contribution >= 4 is 11.4 Å². The lowest BCUT2D eigenvalue weighted by Gasteiger charge is -2.27. The third-order valence-corrected chi connectivity index (χ3v) is 3.31. The number of hydrogen-bond donors (Lipinski definition) is 2. The maximum absolute atomic E-state index is 13.2. The van der Waals surface area contributed by atoms with Gasteiger partial charge in [0.25, 0.3) is 0 Å². The van der Waals surface area contributed by atoms with Crippen LogP contribution in [0.2, 0.25) is 0 Å². The molecule has 1 aromatic carbocycles. The molecule has 3 N–H and O–H groups in total. The number of nitrogens with zero attached hydrogens (tertiary/aromatic N) is 1. The van der Waals surface area contributed by atoms with Gasteiger partial charge in [-0.15, -0.1) is 0 Å². The summed E-state index contributed by atoms with van der Waals surface area (Å²) in [5, 5.41) is 9.34. The zero-order valence-electron chi connectivity index (χ0n) is 9.36. The van der Waals surface area contributed by atoms with Crippen molar-refractivity contribution in [1.29, 1.82) is 0 Å². The van der Waals surface area contributed by atoms with Gasteiger partial charge < -0.3 is 15.7 Å². The van der Waals surface area contributed by atoms with Crippen molar-refractivity contribution in [3.63, 3.8) is 0 Å². The minimum absolute atomic E-state index is 0.0706. The van der Waals surface area contributed by atoms with E-state index in [9.17, 15) is 9.50 Å². The molecule has 0 bridgehead atoms. The summed E-state index contributed by atoms with van der Waals surface area (Å²) in [4.78, 5) is 2.03. The molecule has 1 fully saturated rings. The van der Waals surface area contributed by atoms with Gasteiger partial charge in [0.2, 0.25) is 0 Å². The van der Waals surface area contributed by atoms with Gasteiger partial charge in [-0.25, -0.2) is 4.39 Å². The molecule has 1 aliphatic rings. The third kappa shape index (κ3) is 1.97. The van der Waals surface area contributed by atoms with E-state index in [4.69, 9.17) is 5.73 Å². The second kappa shape index (κ2) is 4.29. The summed E-state index contributed by atoms with van der Waals surface area (Å²) >= 11 is 0. The molecule has 0 radical (unpaired) electrons. The smallest absolute Gasteiger partial charge is 0.127 e. The standard InChI is InChI=1S/C12H17FN2O/c1-8-2-3-15(12(8)7-16)11-5-9(13)4-10(14)6-11/h4-6,8,12,16H,2-3,7,14H2,1H3. The Balaban J connectivity index is 2.29. The molecule has 88 valence electrons. The number of aliphatic hydroxyl groups is 1. The van der Waals surface area contributed by atoms with Gasteiger partial charge >= 0.3 is 0 Å². The van der Waals surface area contributed by atoms with Crippen molar-refractivity contribution in [3.05, 3.63) is 24.0 Å². The second-order valence-corrected chi connectivity index (χ2v) is 4.45. The number of rotatable bonds is 2. The SMILES string of the molecule is CC1CCN(c2cc(N)cc(F)c2)C1CO. The predicted octanol–water partition coefficient (Wildman–Crippen LogP) is 1.61. The molecule has 0 spiro atoms. The van der Waals surface area contributed by atoms with Gasteiger partial charge in [0, 0.05) is 17.9 Å². The largest absolute Gasteiger partial charge is 0.399 e. The minimum atomic E-state index is -0.328. The first-order chi connectivity index (χ1) is 7.61. The molecule has 2 unspecified atom stereocenters. The molecule has 0 aromatic heterocycles. The molecule has 3 nitrogen and oxygen atoms in total. The zero-order valence-corrected chi connectivity index (χ0v) is 9.36. The Hall–Kier alpha value is -1.29. The second-order valence-electron chi connectivity index (χ2n) is 4.45. The average molecular weight is 224 g/mol. The van der Waals surface area contributed by atoms with E-state index in [2.05, 4.69) is 6.92 Å². The van der Waals surface area contributed by atoms with Crippen LogP contribution < -0.4 is 10.6 Å². The first kappa shape index (κ1) is 11.2. The fourth-order valence-electron chi connectivity index (χ4n) is 2.37. The predicted molar refractivity (Wildman–Crippen MR) is 62.8 cm³/mol. The number of hydrogen-bond acceptors (Lipinski definition) is 3. The summed E-state index contributed by atoms with van der Waals surface area (Å²) in [6.07, 6.45) is 1.02. The molecule has 1 saturated heterocycles. The van der Waals surface area contributed by atoms with Crippen LogP contribution in [0, 0.1) is 11.7 Å². The molecule has 1 heterocycles. The normalized spacial score (nSPS) is 25.1. The van der Waals surface area contributed by atoms with Gasteiger partial charge in [-0.3, -0.25) is 0 Å². The van der Waals surface area contributed by atoms with Crippen molar-refractivity contribution in [3.8, 4) is 0 Å². The highest BCUT2D eigenvalue weighted by Gasteiger charge is 2.30. The highest BCUT2D eigenvalue weighted by atomic mass is 19.1. The average Bonchev–Trinajstić information content (AvgIpc) is 2.58. The van der Waals surface area contributed by atoms with Crippen LogP contribution in [0.15, 0.2) is 18.2 Å². The zero-order chi connectivity index (χ0) is 11.7. The molecule has 2 rings (SSSR count). The fraction of sp³-hybridized carbons (Fsp3) is 0.500. The van der Waals surface area contributed by atoms with Crippen LogP contribution in [0.5, 0.6) is 0 Å². The monoisotopic (exact) mass is 224 g/mol. The molecular formula is C12H17FN2O. The summed E-state index contributed by atoms with van der Waals surface area (Å²) in [6.45, 7) is 3.04. The van der Waals surface area contributed by atoms with Crippen LogP contribution in [-0.4, -0.2) is 24.3 Å². The van der Waals surface area contributed by atoms with Crippen molar-refractivity contribution in [2.75, 3.05) is 23.8 Å².